The molecule has 0 heterocycles. The molecule has 0 aliphatic heterocycles. The van der Waals surface area contributed by atoms with Gasteiger partial charge in [-0.25, -0.2) is 0 Å². The summed E-state index contributed by atoms with van der Waals surface area (Å²) in [5.41, 5.74) is 2.49. The molecular weight excluding hydrogens is 208 g/mol. The summed E-state index contributed by atoms with van der Waals surface area (Å²) in [4.78, 5) is 0. The minimum absolute atomic E-state index is 0.160. The van der Waals surface area contributed by atoms with Crippen molar-refractivity contribution in [2.24, 2.45) is 11.8 Å². The Kier molecular flexibility index (Phi) is 7.90. The molecule has 0 unspecified atom stereocenters. The molecule has 0 fully saturated rings. The second-order valence-electron chi connectivity index (χ2n) is 4.69. The van der Waals surface area contributed by atoms with Crippen LogP contribution in [0.3, 0.4) is 0 Å². The Morgan fingerprint density at radius 1 is 1.06 bits per heavy atom. The second kappa shape index (κ2) is 8.30. The van der Waals surface area contributed by atoms with E-state index < -0.39 is 0 Å². The quantitative estimate of drug-likeness (QED) is 0.524. The summed E-state index contributed by atoms with van der Waals surface area (Å²) >= 11 is 0. The third kappa shape index (κ3) is 4.91. The molecule has 0 radical (unpaired) electrons. The Morgan fingerprint density at radius 3 is 1.76 bits per heavy atom. The van der Waals surface area contributed by atoms with E-state index in [0.29, 0.717) is 18.4 Å². The Morgan fingerprint density at radius 2 is 1.47 bits per heavy atom. The minimum atomic E-state index is 0.160. The van der Waals surface area contributed by atoms with E-state index >= 15 is 0 Å². The molecule has 2 atom stereocenters. The van der Waals surface area contributed by atoms with E-state index in [1.54, 1.807) is 6.08 Å². The van der Waals surface area contributed by atoms with E-state index in [9.17, 15) is 0 Å². The fraction of sp³-hybridized carbons (Fsp3) is 0.625. The SMILES string of the molecule is C=CCOC([C@@H](C)C(=C)CC)[C@@H](C)C(=C)CC. The van der Waals surface area contributed by atoms with Crippen LogP contribution in [-0.4, -0.2) is 12.7 Å². The molecule has 0 spiro atoms. The van der Waals surface area contributed by atoms with Crippen molar-refractivity contribution in [1.82, 2.24) is 0 Å². The fourth-order valence-electron chi connectivity index (χ4n) is 2.01. The van der Waals surface area contributed by atoms with Gasteiger partial charge in [0, 0.05) is 11.8 Å². The summed E-state index contributed by atoms with van der Waals surface area (Å²) in [7, 11) is 0. The maximum absolute atomic E-state index is 5.92. The van der Waals surface area contributed by atoms with Gasteiger partial charge in [0.1, 0.15) is 0 Å². The van der Waals surface area contributed by atoms with E-state index in [2.05, 4.69) is 47.4 Å². The zero-order valence-electron chi connectivity index (χ0n) is 12.0. The summed E-state index contributed by atoms with van der Waals surface area (Å²) in [6, 6.07) is 0. The standard InChI is InChI=1S/C16H28O/c1-8-11-17-16(14(6)12(4)9-2)15(7)13(5)10-3/h8,14-16H,1,4-5,9-11H2,2-3,6-7H3/t14-,15-/m0/s1. The van der Waals surface area contributed by atoms with Crippen molar-refractivity contribution in [1.29, 1.82) is 0 Å². The molecule has 0 amide bonds. The maximum Gasteiger partial charge on any atom is 0.0704 e. The van der Waals surface area contributed by atoms with E-state index in [4.69, 9.17) is 4.74 Å². The van der Waals surface area contributed by atoms with Crippen LogP contribution in [0.4, 0.5) is 0 Å². The lowest BCUT2D eigenvalue weighted by atomic mass is 9.83. The van der Waals surface area contributed by atoms with Crippen molar-refractivity contribution in [3.8, 4) is 0 Å². The van der Waals surface area contributed by atoms with Gasteiger partial charge < -0.3 is 4.74 Å². The topological polar surface area (TPSA) is 9.23 Å². The molecule has 1 nitrogen and oxygen atoms in total. The summed E-state index contributed by atoms with van der Waals surface area (Å²) < 4.78 is 5.92. The molecule has 0 aromatic carbocycles. The molecule has 0 aromatic rings. The van der Waals surface area contributed by atoms with Crippen LogP contribution in [0.25, 0.3) is 0 Å². The van der Waals surface area contributed by atoms with Crippen molar-refractivity contribution in [2.75, 3.05) is 6.61 Å². The highest BCUT2D eigenvalue weighted by Gasteiger charge is 2.26. The highest BCUT2D eigenvalue weighted by Crippen LogP contribution is 2.29. The van der Waals surface area contributed by atoms with E-state index in [1.165, 1.54) is 11.1 Å². The lowest BCUT2D eigenvalue weighted by Crippen LogP contribution is -2.31. The van der Waals surface area contributed by atoms with Crippen molar-refractivity contribution in [3.63, 3.8) is 0 Å². The van der Waals surface area contributed by atoms with Crippen molar-refractivity contribution in [3.05, 3.63) is 37.0 Å². The zero-order valence-corrected chi connectivity index (χ0v) is 12.0. The van der Waals surface area contributed by atoms with Crippen molar-refractivity contribution < 1.29 is 4.74 Å². The Balaban J connectivity index is 4.78. The highest BCUT2D eigenvalue weighted by atomic mass is 16.5. The monoisotopic (exact) mass is 236 g/mol. The Hall–Kier alpha value is -0.820. The van der Waals surface area contributed by atoms with Gasteiger partial charge in [-0.15, -0.1) is 6.58 Å². The summed E-state index contributed by atoms with van der Waals surface area (Å²) in [6.45, 7) is 21.2. The van der Waals surface area contributed by atoms with E-state index in [-0.39, 0.29) is 6.10 Å². The molecule has 0 rings (SSSR count). The smallest absolute Gasteiger partial charge is 0.0704 e. The van der Waals surface area contributed by atoms with E-state index in [1.807, 2.05) is 0 Å². The first kappa shape index (κ1) is 16.2. The zero-order chi connectivity index (χ0) is 13.4. The van der Waals surface area contributed by atoms with Crippen LogP contribution in [0, 0.1) is 11.8 Å². The first-order valence-electron chi connectivity index (χ1n) is 6.57. The molecule has 0 aliphatic rings. The van der Waals surface area contributed by atoms with Crippen molar-refractivity contribution >= 4 is 0 Å². The normalized spacial score (nSPS) is 14.4. The van der Waals surface area contributed by atoms with Gasteiger partial charge in [-0.2, -0.15) is 0 Å². The van der Waals surface area contributed by atoms with Gasteiger partial charge in [-0.1, -0.05) is 58.1 Å². The number of hydrogen-bond acceptors (Lipinski definition) is 1. The molecule has 0 saturated heterocycles. The molecular formula is C16H28O. The average Bonchev–Trinajstić information content (AvgIpc) is 2.36. The van der Waals surface area contributed by atoms with Crippen LogP contribution in [0.5, 0.6) is 0 Å². The predicted molar refractivity (Wildman–Crippen MR) is 77.1 cm³/mol. The molecule has 0 saturated carbocycles. The molecule has 1 heteroatoms. The Bertz CT molecular complexity index is 243. The van der Waals surface area contributed by atoms with Gasteiger partial charge in [0.15, 0.2) is 0 Å². The van der Waals surface area contributed by atoms with Crippen LogP contribution in [0.1, 0.15) is 40.5 Å². The number of ether oxygens (including phenoxy) is 1. The fourth-order valence-corrected chi connectivity index (χ4v) is 2.01. The average molecular weight is 236 g/mol. The van der Waals surface area contributed by atoms with Gasteiger partial charge in [-0.3, -0.25) is 0 Å². The second-order valence-corrected chi connectivity index (χ2v) is 4.69. The van der Waals surface area contributed by atoms with Crippen LogP contribution >= 0.6 is 0 Å². The lowest BCUT2D eigenvalue weighted by Gasteiger charge is -2.31. The lowest BCUT2D eigenvalue weighted by molar-refractivity contribution is 0.0165. The Labute approximate surface area is 107 Å². The first-order chi connectivity index (χ1) is 7.99. The highest BCUT2D eigenvalue weighted by molar-refractivity contribution is 5.08. The largest absolute Gasteiger partial charge is 0.373 e. The summed E-state index contributed by atoms with van der Waals surface area (Å²) in [6.07, 6.45) is 3.96. The molecule has 98 valence electrons. The van der Waals surface area contributed by atoms with Crippen LogP contribution in [0.15, 0.2) is 37.0 Å². The van der Waals surface area contributed by atoms with Gasteiger partial charge in [-0.05, 0) is 12.8 Å². The van der Waals surface area contributed by atoms with Crippen molar-refractivity contribution in [2.45, 2.75) is 46.6 Å². The van der Waals surface area contributed by atoms with Crippen LogP contribution < -0.4 is 0 Å². The summed E-state index contributed by atoms with van der Waals surface area (Å²) in [5.74, 6) is 0.719. The predicted octanol–water partition coefficient (Wildman–Crippen LogP) is 4.76. The molecule has 0 bridgehead atoms. The van der Waals surface area contributed by atoms with E-state index in [0.717, 1.165) is 12.8 Å². The van der Waals surface area contributed by atoms with Gasteiger partial charge in [0.25, 0.3) is 0 Å². The van der Waals surface area contributed by atoms with Gasteiger partial charge in [0.05, 0.1) is 12.7 Å². The van der Waals surface area contributed by atoms with Crippen LogP contribution in [0.2, 0.25) is 0 Å². The third-order valence-corrected chi connectivity index (χ3v) is 3.59. The first-order valence-corrected chi connectivity index (χ1v) is 6.57. The number of rotatable bonds is 9. The molecule has 17 heavy (non-hydrogen) atoms. The maximum atomic E-state index is 5.92. The number of hydrogen-bond donors (Lipinski definition) is 0. The molecule has 0 aliphatic carbocycles. The third-order valence-electron chi connectivity index (χ3n) is 3.59. The van der Waals surface area contributed by atoms with Gasteiger partial charge >= 0.3 is 0 Å². The molecule has 0 N–H and O–H groups in total. The summed E-state index contributed by atoms with van der Waals surface area (Å²) in [5, 5.41) is 0. The van der Waals surface area contributed by atoms with Gasteiger partial charge in [0.2, 0.25) is 0 Å². The molecule has 0 aromatic heterocycles. The van der Waals surface area contributed by atoms with Crippen LogP contribution in [-0.2, 0) is 4.74 Å². The minimum Gasteiger partial charge on any atom is -0.373 e.